The van der Waals surface area contributed by atoms with Crippen LogP contribution in [0.1, 0.15) is 24.0 Å². The number of hydrogen-bond acceptors (Lipinski definition) is 6. The van der Waals surface area contributed by atoms with Gasteiger partial charge in [-0.1, -0.05) is 35.5 Å². The standard InChI is InChI=1S/C21H22N2O6/c1-27-15-8-9-16(18(10-15)28-2)17-11-21(29-23-17,12-19(24)25)20(26)22-13-14-6-4-3-5-7-14/h3-10H,11-13H2,1-2H3,(H,22,26)(H,24,25)/t21-/m0/s1. The van der Waals surface area contributed by atoms with Crippen LogP contribution in [-0.4, -0.2) is 42.5 Å². The first kappa shape index (κ1) is 20.2. The number of nitrogens with zero attached hydrogens (tertiary/aromatic N) is 1. The van der Waals surface area contributed by atoms with Crippen molar-refractivity contribution in [3.8, 4) is 11.5 Å². The van der Waals surface area contributed by atoms with Crippen LogP contribution in [0.2, 0.25) is 0 Å². The van der Waals surface area contributed by atoms with Crippen molar-refractivity contribution in [2.75, 3.05) is 14.2 Å². The first-order chi connectivity index (χ1) is 14.0. The van der Waals surface area contributed by atoms with E-state index in [2.05, 4.69) is 10.5 Å². The highest BCUT2D eigenvalue weighted by Crippen LogP contribution is 2.34. The van der Waals surface area contributed by atoms with Crippen LogP contribution in [0.25, 0.3) is 0 Å². The zero-order valence-electron chi connectivity index (χ0n) is 16.2. The number of amides is 1. The molecule has 1 aliphatic rings. The molecule has 0 aromatic heterocycles. The fourth-order valence-corrected chi connectivity index (χ4v) is 3.14. The number of ether oxygens (including phenoxy) is 2. The number of benzene rings is 2. The normalized spacial score (nSPS) is 17.8. The van der Waals surface area contributed by atoms with Crippen molar-refractivity contribution in [3.63, 3.8) is 0 Å². The van der Waals surface area contributed by atoms with Crippen LogP contribution in [0, 0.1) is 0 Å². The Morgan fingerprint density at radius 3 is 2.59 bits per heavy atom. The molecule has 0 aliphatic carbocycles. The van der Waals surface area contributed by atoms with Crippen molar-refractivity contribution in [2.24, 2.45) is 5.16 Å². The number of aliphatic carboxylic acids is 1. The summed E-state index contributed by atoms with van der Waals surface area (Å²) in [5, 5.41) is 16.1. The maximum atomic E-state index is 12.9. The molecule has 8 nitrogen and oxygen atoms in total. The van der Waals surface area contributed by atoms with Gasteiger partial charge in [0.2, 0.25) is 5.60 Å². The number of carboxylic acids is 1. The van der Waals surface area contributed by atoms with E-state index in [0.29, 0.717) is 22.8 Å². The molecule has 152 valence electrons. The molecule has 2 N–H and O–H groups in total. The lowest BCUT2D eigenvalue weighted by atomic mass is 9.89. The summed E-state index contributed by atoms with van der Waals surface area (Å²) in [4.78, 5) is 29.8. The molecule has 0 fully saturated rings. The Kier molecular flexibility index (Phi) is 6.01. The average Bonchev–Trinajstić information content (AvgIpc) is 3.16. The minimum absolute atomic E-state index is 0.00259. The van der Waals surface area contributed by atoms with Gasteiger partial charge in [0.25, 0.3) is 5.91 Å². The monoisotopic (exact) mass is 398 g/mol. The second-order valence-electron chi connectivity index (χ2n) is 6.61. The molecule has 0 radical (unpaired) electrons. The van der Waals surface area contributed by atoms with Crippen LogP contribution in [0.4, 0.5) is 0 Å². The first-order valence-corrected chi connectivity index (χ1v) is 8.99. The highest BCUT2D eigenvalue weighted by Gasteiger charge is 2.49. The predicted molar refractivity (Wildman–Crippen MR) is 105 cm³/mol. The molecular formula is C21H22N2O6. The first-order valence-electron chi connectivity index (χ1n) is 8.99. The van der Waals surface area contributed by atoms with Gasteiger partial charge in [-0.15, -0.1) is 0 Å². The average molecular weight is 398 g/mol. The summed E-state index contributed by atoms with van der Waals surface area (Å²) in [5.41, 5.74) is 0.306. The largest absolute Gasteiger partial charge is 0.497 e. The molecule has 29 heavy (non-hydrogen) atoms. The van der Waals surface area contributed by atoms with E-state index < -0.39 is 23.9 Å². The lowest BCUT2D eigenvalue weighted by Gasteiger charge is -2.23. The van der Waals surface area contributed by atoms with E-state index in [1.54, 1.807) is 25.3 Å². The van der Waals surface area contributed by atoms with Gasteiger partial charge in [0.05, 0.1) is 26.4 Å². The Hall–Kier alpha value is -3.55. The molecule has 2 aromatic carbocycles. The van der Waals surface area contributed by atoms with Gasteiger partial charge in [-0.25, -0.2) is 0 Å². The molecule has 0 spiro atoms. The van der Waals surface area contributed by atoms with E-state index in [-0.39, 0.29) is 13.0 Å². The van der Waals surface area contributed by atoms with Gasteiger partial charge in [0.1, 0.15) is 11.5 Å². The zero-order chi connectivity index (χ0) is 20.9. The second kappa shape index (κ2) is 8.64. The maximum absolute atomic E-state index is 12.9. The van der Waals surface area contributed by atoms with Gasteiger partial charge < -0.3 is 24.7 Å². The minimum atomic E-state index is -1.62. The van der Waals surface area contributed by atoms with Crippen molar-refractivity contribution in [3.05, 3.63) is 59.7 Å². The third-order valence-electron chi connectivity index (χ3n) is 4.65. The summed E-state index contributed by atoms with van der Waals surface area (Å²) < 4.78 is 10.6. The summed E-state index contributed by atoms with van der Waals surface area (Å²) in [6.45, 7) is 0.256. The number of carbonyl (C=O) groups is 2. The van der Waals surface area contributed by atoms with Crippen LogP contribution >= 0.6 is 0 Å². The number of carbonyl (C=O) groups excluding carboxylic acids is 1. The summed E-state index contributed by atoms with van der Waals surface area (Å²) >= 11 is 0. The van der Waals surface area contributed by atoms with Crippen molar-refractivity contribution >= 4 is 17.6 Å². The Morgan fingerprint density at radius 2 is 1.93 bits per heavy atom. The van der Waals surface area contributed by atoms with E-state index in [1.807, 2.05) is 30.3 Å². The summed E-state index contributed by atoms with van der Waals surface area (Å²) in [5.74, 6) is -0.599. The fraction of sp³-hybridized carbons (Fsp3) is 0.286. The van der Waals surface area contributed by atoms with Gasteiger partial charge in [0, 0.05) is 24.6 Å². The molecule has 0 saturated carbocycles. The van der Waals surface area contributed by atoms with Crippen molar-refractivity contribution < 1.29 is 29.0 Å². The lowest BCUT2D eigenvalue weighted by Crippen LogP contribution is -2.48. The lowest BCUT2D eigenvalue weighted by molar-refractivity contribution is -0.156. The summed E-state index contributed by atoms with van der Waals surface area (Å²) in [7, 11) is 3.05. The summed E-state index contributed by atoms with van der Waals surface area (Å²) in [6.07, 6.45) is -0.512. The Bertz CT molecular complexity index is 928. The van der Waals surface area contributed by atoms with Gasteiger partial charge in [-0.2, -0.15) is 0 Å². The van der Waals surface area contributed by atoms with Crippen LogP contribution in [0.5, 0.6) is 11.5 Å². The van der Waals surface area contributed by atoms with Gasteiger partial charge >= 0.3 is 5.97 Å². The van der Waals surface area contributed by atoms with Crippen LogP contribution in [-0.2, 0) is 21.0 Å². The Balaban J connectivity index is 1.80. The molecule has 8 heteroatoms. The van der Waals surface area contributed by atoms with Crippen LogP contribution in [0.3, 0.4) is 0 Å². The van der Waals surface area contributed by atoms with E-state index in [9.17, 15) is 14.7 Å². The quantitative estimate of drug-likeness (QED) is 0.707. The van der Waals surface area contributed by atoms with Gasteiger partial charge in [0.15, 0.2) is 0 Å². The van der Waals surface area contributed by atoms with Crippen LogP contribution in [0.15, 0.2) is 53.7 Å². The number of nitrogens with one attached hydrogen (secondary N) is 1. The number of methoxy groups -OCH3 is 2. The van der Waals surface area contributed by atoms with E-state index in [0.717, 1.165) is 5.56 Å². The Labute approximate surface area is 168 Å². The van der Waals surface area contributed by atoms with Gasteiger partial charge in [-0.05, 0) is 17.7 Å². The Morgan fingerprint density at radius 1 is 1.17 bits per heavy atom. The summed E-state index contributed by atoms with van der Waals surface area (Å²) in [6, 6.07) is 14.5. The molecule has 1 aliphatic heterocycles. The molecule has 3 rings (SSSR count). The highest BCUT2D eigenvalue weighted by molar-refractivity contribution is 6.08. The molecule has 2 aromatic rings. The highest BCUT2D eigenvalue weighted by atomic mass is 16.7. The topological polar surface area (TPSA) is 106 Å². The number of carboxylic acid groups (broad SMARTS) is 1. The molecule has 0 bridgehead atoms. The van der Waals surface area contributed by atoms with Crippen molar-refractivity contribution in [1.82, 2.24) is 5.32 Å². The molecule has 1 heterocycles. The number of hydrogen-bond donors (Lipinski definition) is 2. The number of rotatable bonds is 8. The van der Waals surface area contributed by atoms with Gasteiger partial charge in [-0.3, -0.25) is 9.59 Å². The van der Waals surface area contributed by atoms with E-state index in [4.69, 9.17) is 14.3 Å². The SMILES string of the molecule is COc1ccc(C2=NO[C@@](CC(=O)O)(C(=O)NCc3ccccc3)C2)c(OC)c1. The second-order valence-corrected chi connectivity index (χ2v) is 6.61. The number of oxime groups is 1. The third kappa shape index (κ3) is 4.48. The molecular weight excluding hydrogens is 376 g/mol. The fourth-order valence-electron chi connectivity index (χ4n) is 3.14. The van der Waals surface area contributed by atoms with E-state index in [1.165, 1.54) is 7.11 Å². The van der Waals surface area contributed by atoms with Crippen molar-refractivity contribution in [1.29, 1.82) is 0 Å². The molecule has 1 amide bonds. The maximum Gasteiger partial charge on any atom is 0.308 e. The molecule has 1 atom stereocenters. The third-order valence-corrected chi connectivity index (χ3v) is 4.65. The van der Waals surface area contributed by atoms with Crippen molar-refractivity contribution in [2.45, 2.75) is 25.0 Å². The van der Waals surface area contributed by atoms with E-state index >= 15 is 0 Å². The molecule has 0 saturated heterocycles. The van der Waals surface area contributed by atoms with Crippen LogP contribution < -0.4 is 14.8 Å². The predicted octanol–water partition coefficient (Wildman–Crippen LogP) is 2.36. The minimum Gasteiger partial charge on any atom is -0.497 e. The zero-order valence-corrected chi connectivity index (χ0v) is 16.2. The molecule has 0 unspecified atom stereocenters. The smallest absolute Gasteiger partial charge is 0.308 e.